The zero-order valence-electron chi connectivity index (χ0n) is 12.5. The summed E-state index contributed by atoms with van der Waals surface area (Å²) in [6.45, 7) is 2.13. The van der Waals surface area contributed by atoms with Crippen molar-refractivity contribution in [3.63, 3.8) is 0 Å². The lowest BCUT2D eigenvalue weighted by molar-refractivity contribution is 0.358. The molecular weight excluding hydrogens is 260 g/mol. The van der Waals surface area contributed by atoms with E-state index in [-0.39, 0.29) is 0 Å². The van der Waals surface area contributed by atoms with Crippen LogP contribution in [0.2, 0.25) is 0 Å². The second-order valence-electron chi connectivity index (χ2n) is 5.02. The van der Waals surface area contributed by atoms with E-state index < -0.39 is 0 Å². The molecule has 0 aliphatic rings. The number of methoxy groups -OCH3 is 2. The van der Waals surface area contributed by atoms with Crippen LogP contribution in [-0.2, 0) is 0 Å². The van der Waals surface area contributed by atoms with Crippen molar-refractivity contribution in [2.75, 3.05) is 14.2 Å². The molecule has 0 radical (unpaired) electrons. The summed E-state index contributed by atoms with van der Waals surface area (Å²) in [6.07, 6.45) is 0. The second-order valence-corrected chi connectivity index (χ2v) is 5.02. The van der Waals surface area contributed by atoms with Crippen molar-refractivity contribution >= 4 is 10.8 Å². The van der Waals surface area contributed by atoms with E-state index in [0.29, 0.717) is 0 Å². The number of hydrogen-bond donors (Lipinski definition) is 0. The smallest absolute Gasteiger partial charge is 0.169 e. The van der Waals surface area contributed by atoms with Crippen LogP contribution in [0.1, 0.15) is 5.56 Å². The number of aryl methyl sites for hydroxylation is 1. The summed E-state index contributed by atoms with van der Waals surface area (Å²) in [5, 5.41) is 2.24. The molecule has 3 aromatic carbocycles. The summed E-state index contributed by atoms with van der Waals surface area (Å²) in [4.78, 5) is 0. The average molecular weight is 278 g/mol. The van der Waals surface area contributed by atoms with Crippen molar-refractivity contribution in [1.82, 2.24) is 0 Å². The van der Waals surface area contributed by atoms with Gasteiger partial charge in [0.15, 0.2) is 11.5 Å². The summed E-state index contributed by atoms with van der Waals surface area (Å²) < 4.78 is 11.1. The van der Waals surface area contributed by atoms with Gasteiger partial charge in [-0.3, -0.25) is 0 Å². The predicted octanol–water partition coefficient (Wildman–Crippen LogP) is 4.83. The highest BCUT2D eigenvalue weighted by molar-refractivity contribution is 6.02. The summed E-state index contributed by atoms with van der Waals surface area (Å²) >= 11 is 0. The molecular formula is C19H18O2. The maximum atomic E-state index is 5.63. The van der Waals surface area contributed by atoms with Gasteiger partial charge in [-0.05, 0) is 35.1 Å². The van der Waals surface area contributed by atoms with Gasteiger partial charge >= 0.3 is 0 Å². The fourth-order valence-corrected chi connectivity index (χ4v) is 2.79. The van der Waals surface area contributed by atoms with Gasteiger partial charge in [-0.15, -0.1) is 0 Å². The van der Waals surface area contributed by atoms with Crippen molar-refractivity contribution < 1.29 is 9.47 Å². The summed E-state index contributed by atoms with van der Waals surface area (Å²) in [5.74, 6) is 1.54. The molecule has 2 heteroatoms. The molecule has 0 amide bonds. The Labute approximate surface area is 124 Å². The first-order chi connectivity index (χ1) is 10.3. The van der Waals surface area contributed by atoms with E-state index >= 15 is 0 Å². The van der Waals surface area contributed by atoms with Gasteiger partial charge in [0.05, 0.1) is 14.2 Å². The molecule has 0 atom stereocenters. The van der Waals surface area contributed by atoms with E-state index in [1.54, 1.807) is 14.2 Å². The molecule has 0 bridgehead atoms. The van der Waals surface area contributed by atoms with Crippen LogP contribution in [0, 0.1) is 6.92 Å². The SMILES string of the molecule is COc1ccc2cccc(-c3ccccc3C)c2c1OC. The molecule has 3 aromatic rings. The van der Waals surface area contributed by atoms with Gasteiger partial charge in [0.2, 0.25) is 0 Å². The topological polar surface area (TPSA) is 18.5 Å². The molecule has 0 aliphatic carbocycles. The average Bonchev–Trinajstić information content (AvgIpc) is 2.53. The first kappa shape index (κ1) is 13.5. The molecule has 2 nitrogen and oxygen atoms in total. The first-order valence-electron chi connectivity index (χ1n) is 6.96. The van der Waals surface area contributed by atoms with Crippen LogP contribution in [0.15, 0.2) is 54.6 Å². The minimum atomic E-state index is 0.756. The van der Waals surface area contributed by atoms with Crippen LogP contribution in [0.3, 0.4) is 0 Å². The number of fused-ring (bicyclic) bond motifs is 1. The maximum Gasteiger partial charge on any atom is 0.169 e. The van der Waals surface area contributed by atoms with E-state index in [9.17, 15) is 0 Å². The van der Waals surface area contributed by atoms with Crippen LogP contribution in [0.4, 0.5) is 0 Å². The fourth-order valence-electron chi connectivity index (χ4n) is 2.79. The minimum Gasteiger partial charge on any atom is -0.493 e. The van der Waals surface area contributed by atoms with Gasteiger partial charge < -0.3 is 9.47 Å². The zero-order chi connectivity index (χ0) is 14.8. The van der Waals surface area contributed by atoms with E-state index in [2.05, 4.69) is 55.5 Å². The molecule has 0 aromatic heterocycles. The molecule has 106 valence electrons. The van der Waals surface area contributed by atoms with Gasteiger partial charge in [0.1, 0.15) is 0 Å². The van der Waals surface area contributed by atoms with E-state index in [1.165, 1.54) is 16.7 Å². The Balaban J connectivity index is 2.41. The van der Waals surface area contributed by atoms with Gasteiger partial charge in [-0.1, -0.05) is 48.5 Å². The van der Waals surface area contributed by atoms with Crippen molar-refractivity contribution in [2.45, 2.75) is 6.92 Å². The van der Waals surface area contributed by atoms with Crippen LogP contribution in [0.25, 0.3) is 21.9 Å². The Hall–Kier alpha value is -2.48. The monoisotopic (exact) mass is 278 g/mol. The molecule has 0 spiro atoms. The van der Waals surface area contributed by atoms with Crippen LogP contribution in [-0.4, -0.2) is 14.2 Å². The summed E-state index contributed by atoms with van der Waals surface area (Å²) in [5.41, 5.74) is 3.63. The van der Waals surface area contributed by atoms with Crippen LogP contribution < -0.4 is 9.47 Å². The fraction of sp³-hybridized carbons (Fsp3) is 0.158. The van der Waals surface area contributed by atoms with Crippen molar-refractivity contribution in [3.8, 4) is 22.6 Å². The van der Waals surface area contributed by atoms with Crippen molar-refractivity contribution in [3.05, 3.63) is 60.2 Å². The Morgan fingerprint density at radius 1 is 0.714 bits per heavy atom. The summed E-state index contributed by atoms with van der Waals surface area (Å²) in [6, 6.07) is 18.7. The van der Waals surface area contributed by atoms with Gasteiger partial charge in [-0.2, -0.15) is 0 Å². The third kappa shape index (κ3) is 2.23. The Bertz CT molecular complexity index is 791. The maximum absolute atomic E-state index is 5.63. The minimum absolute atomic E-state index is 0.756. The standard InChI is InChI=1S/C19H18O2/c1-13-7-4-5-9-15(13)16-10-6-8-14-11-12-17(20-2)19(21-3)18(14)16/h4-12H,1-3H3. The first-order valence-corrected chi connectivity index (χ1v) is 6.96. The molecule has 0 N–H and O–H groups in total. The lowest BCUT2D eigenvalue weighted by Gasteiger charge is -2.15. The zero-order valence-corrected chi connectivity index (χ0v) is 12.5. The summed E-state index contributed by atoms with van der Waals surface area (Å²) in [7, 11) is 3.35. The van der Waals surface area contributed by atoms with Crippen LogP contribution in [0.5, 0.6) is 11.5 Å². The highest BCUT2D eigenvalue weighted by atomic mass is 16.5. The van der Waals surface area contributed by atoms with E-state index in [4.69, 9.17) is 9.47 Å². The lowest BCUT2D eigenvalue weighted by atomic mass is 9.94. The normalized spacial score (nSPS) is 10.6. The predicted molar refractivity (Wildman–Crippen MR) is 87.2 cm³/mol. The number of rotatable bonds is 3. The molecule has 3 rings (SSSR count). The molecule has 0 fully saturated rings. The van der Waals surface area contributed by atoms with E-state index in [1.807, 2.05) is 6.07 Å². The second kappa shape index (κ2) is 5.49. The molecule has 21 heavy (non-hydrogen) atoms. The Morgan fingerprint density at radius 2 is 1.48 bits per heavy atom. The molecule has 0 unspecified atom stereocenters. The van der Waals surface area contributed by atoms with Gasteiger partial charge in [-0.25, -0.2) is 0 Å². The highest BCUT2D eigenvalue weighted by Crippen LogP contribution is 2.41. The molecule has 0 aliphatic heterocycles. The third-order valence-electron chi connectivity index (χ3n) is 3.82. The molecule has 0 heterocycles. The molecule has 0 saturated carbocycles. The van der Waals surface area contributed by atoms with Crippen LogP contribution >= 0.6 is 0 Å². The van der Waals surface area contributed by atoms with Gasteiger partial charge in [0.25, 0.3) is 0 Å². The Morgan fingerprint density at radius 3 is 2.19 bits per heavy atom. The Kier molecular flexibility index (Phi) is 3.53. The van der Waals surface area contributed by atoms with Crippen molar-refractivity contribution in [2.24, 2.45) is 0 Å². The number of hydrogen-bond acceptors (Lipinski definition) is 2. The third-order valence-corrected chi connectivity index (χ3v) is 3.82. The molecule has 0 saturated heterocycles. The number of benzene rings is 3. The number of ether oxygens (including phenoxy) is 2. The highest BCUT2D eigenvalue weighted by Gasteiger charge is 2.14. The van der Waals surface area contributed by atoms with Crippen molar-refractivity contribution in [1.29, 1.82) is 0 Å². The van der Waals surface area contributed by atoms with Gasteiger partial charge in [0, 0.05) is 5.39 Å². The largest absolute Gasteiger partial charge is 0.493 e. The quantitative estimate of drug-likeness (QED) is 0.683. The lowest BCUT2D eigenvalue weighted by Crippen LogP contribution is -1.93. The van der Waals surface area contributed by atoms with E-state index in [0.717, 1.165) is 22.3 Å².